The van der Waals surface area contributed by atoms with Crippen LogP contribution in [-0.2, 0) is 4.74 Å². The van der Waals surface area contributed by atoms with Crippen LogP contribution in [0.25, 0.3) is 0 Å². The van der Waals surface area contributed by atoms with Crippen LogP contribution < -0.4 is 5.32 Å². The lowest BCUT2D eigenvalue weighted by atomic mass is 9.86. The molecular weight excluding hydrogens is 321 g/mol. The van der Waals surface area contributed by atoms with Crippen molar-refractivity contribution in [2.24, 2.45) is 0 Å². The summed E-state index contributed by atoms with van der Waals surface area (Å²) < 4.78 is 21.3. The number of hydrogen-bond donors (Lipinski definition) is 1. The predicted molar refractivity (Wildman–Crippen MR) is 83.3 cm³/mol. The Hall–Kier alpha value is -0.450. The Morgan fingerprint density at radius 1 is 1.35 bits per heavy atom. The van der Waals surface area contributed by atoms with Crippen LogP contribution in [0.3, 0.4) is 0 Å². The lowest BCUT2D eigenvalue weighted by molar-refractivity contribution is -0.0630. The first-order valence-electron chi connectivity index (χ1n) is 7.45. The number of hydrogen-bond acceptors (Lipinski definition) is 2. The minimum Gasteiger partial charge on any atom is -0.373 e. The highest BCUT2D eigenvalue weighted by molar-refractivity contribution is 9.10. The van der Waals surface area contributed by atoms with Gasteiger partial charge in [0.15, 0.2) is 0 Å². The monoisotopic (exact) mass is 343 g/mol. The lowest BCUT2D eigenvalue weighted by Gasteiger charge is -2.38. The summed E-state index contributed by atoms with van der Waals surface area (Å²) in [4.78, 5) is 0. The summed E-state index contributed by atoms with van der Waals surface area (Å²) in [5, 5.41) is 3.45. The van der Waals surface area contributed by atoms with E-state index in [0.29, 0.717) is 12.2 Å². The summed E-state index contributed by atoms with van der Waals surface area (Å²) in [6.07, 6.45) is 4.28. The summed E-state index contributed by atoms with van der Waals surface area (Å²) >= 11 is 3.45. The Morgan fingerprint density at radius 3 is 2.65 bits per heavy atom. The molecule has 0 bridgehead atoms. The lowest BCUT2D eigenvalue weighted by Crippen LogP contribution is -2.44. The molecule has 1 fully saturated rings. The Balaban J connectivity index is 2.40. The van der Waals surface area contributed by atoms with Crippen LogP contribution in [0.15, 0.2) is 22.7 Å². The largest absolute Gasteiger partial charge is 0.373 e. The molecule has 4 heteroatoms. The molecule has 0 aromatic heterocycles. The first kappa shape index (κ1) is 15.9. The van der Waals surface area contributed by atoms with Gasteiger partial charge >= 0.3 is 0 Å². The first-order valence-corrected chi connectivity index (χ1v) is 8.24. The number of benzene rings is 1. The van der Waals surface area contributed by atoms with Crippen molar-refractivity contribution in [2.45, 2.75) is 51.2 Å². The van der Waals surface area contributed by atoms with E-state index in [0.717, 1.165) is 36.7 Å². The van der Waals surface area contributed by atoms with Crippen molar-refractivity contribution < 1.29 is 9.13 Å². The number of ether oxygens (including phenoxy) is 1. The van der Waals surface area contributed by atoms with Crippen LogP contribution >= 0.6 is 15.9 Å². The van der Waals surface area contributed by atoms with E-state index in [9.17, 15) is 4.39 Å². The van der Waals surface area contributed by atoms with E-state index in [2.05, 4.69) is 28.2 Å². The van der Waals surface area contributed by atoms with Crippen molar-refractivity contribution >= 4 is 15.9 Å². The molecule has 0 amide bonds. The Kier molecular flexibility index (Phi) is 5.58. The maximum Gasteiger partial charge on any atom is 0.128 e. The summed E-state index contributed by atoms with van der Waals surface area (Å²) in [7, 11) is 0. The van der Waals surface area contributed by atoms with Gasteiger partial charge in [0.05, 0.1) is 11.6 Å². The van der Waals surface area contributed by atoms with Gasteiger partial charge in [-0.3, -0.25) is 0 Å². The molecule has 1 aliphatic rings. The van der Waals surface area contributed by atoms with Crippen LogP contribution in [0.1, 0.15) is 51.1 Å². The zero-order valence-corrected chi connectivity index (χ0v) is 13.8. The molecule has 2 nitrogen and oxygen atoms in total. The third-order valence-corrected chi connectivity index (χ3v) is 4.58. The average molecular weight is 344 g/mol. The molecule has 1 atom stereocenters. The van der Waals surface area contributed by atoms with E-state index >= 15 is 0 Å². The van der Waals surface area contributed by atoms with Gasteiger partial charge in [-0.25, -0.2) is 4.39 Å². The molecule has 0 heterocycles. The van der Waals surface area contributed by atoms with Crippen molar-refractivity contribution in [3.8, 4) is 0 Å². The number of likely N-dealkylation sites (N-methyl/N-ethyl adjacent to an activating group) is 1. The van der Waals surface area contributed by atoms with E-state index < -0.39 is 0 Å². The molecule has 0 radical (unpaired) electrons. The zero-order valence-electron chi connectivity index (χ0n) is 12.2. The molecule has 1 aliphatic carbocycles. The van der Waals surface area contributed by atoms with E-state index in [4.69, 9.17) is 4.74 Å². The molecule has 1 saturated carbocycles. The fourth-order valence-corrected chi connectivity index (χ4v) is 3.68. The first-order chi connectivity index (χ1) is 9.63. The molecule has 1 unspecified atom stereocenters. The second-order valence-electron chi connectivity index (χ2n) is 5.36. The molecular formula is C16H23BrFNO. The summed E-state index contributed by atoms with van der Waals surface area (Å²) in [5.74, 6) is -0.162. The van der Waals surface area contributed by atoms with E-state index in [1.165, 1.54) is 6.07 Å². The van der Waals surface area contributed by atoms with E-state index in [-0.39, 0.29) is 17.5 Å². The fraction of sp³-hybridized carbons (Fsp3) is 0.625. The molecule has 20 heavy (non-hydrogen) atoms. The molecule has 2 rings (SSSR count). The molecule has 0 aliphatic heterocycles. The average Bonchev–Trinajstić information content (AvgIpc) is 2.89. The maximum absolute atomic E-state index is 14.3. The Labute approximate surface area is 129 Å². The van der Waals surface area contributed by atoms with Crippen molar-refractivity contribution in [1.29, 1.82) is 0 Å². The second-order valence-corrected chi connectivity index (χ2v) is 6.28. The van der Waals surface area contributed by atoms with E-state index in [1.54, 1.807) is 6.07 Å². The van der Waals surface area contributed by atoms with Crippen molar-refractivity contribution in [3.05, 3.63) is 34.1 Å². The molecule has 0 saturated heterocycles. The molecule has 1 aromatic carbocycles. The van der Waals surface area contributed by atoms with Crippen LogP contribution in [-0.4, -0.2) is 18.8 Å². The number of rotatable bonds is 6. The number of nitrogens with one attached hydrogen (secondary N) is 1. The van der Waals surface area contributed by atoms with E-state index in [1.807, 2.05) is 13.0 Å². The van der Waals surface area contributed by atoms with Crippen molar-refractivity contribution in [1.82, 2.24) is 5.32 Å². The second kappa shape index (κ2) is 7.01. The topological polar surface area (TPSA) is 21.3 Å². The molecule has 112 valence electrons. The normalized spacial score (nSPS) is 19.2. The van der Waals surface area contributed by atoms with Gasteiger partial charge in [0, 0.05) is 16.6 Å². The third-order valence-electron chi connectivity index (χ3n) is 4.09. The van der Waals surface area contributed by atoms with Gasteiger partial charge in [0.2, 0.25) is 0 Å². The van der Waals surface area contributed by atoms with Crippen LogP contribution in [0.4, 0.5) is 4.39 Å². The highest BCUT2D eigenvalue weighted by atomic mass is 79.9. The SMILES string of the molecule is CCNC(c1cc(Br)ccc1F)C1(OCC)CCCC1. The van der Waals surface area contributed by atoms with Gasteiger partial charge in [-0.05, 0) is 44.5 Å². The quantitative estimate of drug-likeness (QED) is 0.815. The highest BCUT2D eigenvalue weighted by Crippen LogP contribution is 2.44. The maximum atomic E-state index is 14.3. The standard InChI is InChI=1S/C16H23BrFNO/c1-3-19-15(13-11-12(17)7-8-14(13)18)16(20-4-2)9-5-6-10-16/h7-8,11,15,19H,3-6,9-10H2,1-2H3. The zero-order chi connectivity index (χ0) is 14.6. The van der Waals surface area contributed by atoms with Gasteiger partial charge in [0.25, 0.3) is 0 Å². The van der Waals surface area contributed by atoms with Crippen molar-refractivity contribution in [3.63, 3.8) is 0 Å². The van der Waals surface area contributed by atoms with Crippen LogP contribution in [0.2, 0.25) is 0 Å². The third kappa shape index (κ3) is 3.23. The highest BCUT2D eigenvalue weighted by Gasteiger charge is 2.43. The van der Waals surface area contributed by atoms with Crippen molar-refractivity contribution in [2.75, 3.05) is 13.2 Å². The Bertz CT molecular complexity index is 446. The number of halogens is 2. The minimum atomic E-state index is -0.271. The molecule has 0 spiro atoms. The fourth-order valence-electron chi connectivity index (χ4n) is 3.30. The molecule has 1 N–H and O–H groups in total. The van der Waals surface area contributed by atoms with Crippen LogP contribution in [0, 0.1) is 5.82 Å². The van der Waals surface area contributed by atoms with Gasteiger partial charge < -0.3 is 10.1 Å². The van der Waals surface area contributed by atoms with Gasteiger partial charge in [-0.1, -0.05) is 35.7 Å². The summed E-state index contributed by atoms with van der Waals surface area (Å²) in [6, 6.07) is 5.05. The van der Waals surface area contributed by atoms with Gasteiger partial charge in [0.1, 0.15) is 5.82 Å². The minimum absolute atomic E-state index is 0.0903. The Morgan fingerprint density at radius 2 is 2.05 bits per heavy atom. The molecule has 1 aromatic rings. The smallest absolute Gasteiger partial charge is 0.128 e. The van der Waals surface area contributed by atoms with Crippen LogP contribution in [0.5, 0.6) is 0 Å². The predicted octanol–water partition coefficient (Wildman–Crippen LogP) is 4.59. The summed E-state index contributed by atoms with van der Waals surface area (Å²) in [5.41, 5.74) is 0.434. The summed E-state index contributed by atoms with van der Waals surface area (Å²) in [6.45, 7) is 5.53. The van der Waals surface area contributed by atoms with Gasteiger partial charge in [-0.2, -0.15) is 0 Å². The van der Waals surface area contributed by atoms with Gasteiger partial charge in [-0.15, -0.1) is 0 Å².